The summed E-state index contributed by atoms with van der Waals surface area (Å²) in [6.07, 6.45) is 2.09. The van der Waals surface area contributed by atoms with Crippen molar-refractivity contribution in [3.8, 4) is 17.6 Å². The Hall–Kier alpha value is -3.09. The lowest BCUT2D eigenvalue weighted by molar-refractivity contribution is 0.112. The Bertz CT molecular complexity index is 914. The average molecular weight is 401 g/mol. The number of ether oxygens (including phenoxy) is 1. The predicted molar refractivity (Wildman–Crippen MR) is 111 cm³/mol. The standard InChI is InChI=1S/C19H20FN5O2S/c1-4-25(3)28-24-18-8-6-16(20)19(15(18)10-21)27-14-5-7-17(23-12-22-2)13(9-14)11-26/h5-9,11-12,24H,4H2,1-3H3,(H,22,23). The molecule has 0 fully saturated rings. The highest BCUT2D eigenvalue weighted by molar-refractivity contribution is 7.98. The van der Waals surface area contributed by atoms with Crippen molar-refractivity contribution in [1.82, 2.24) is 4.31 Å². The van der Waals surface area contributed by atoms with Crippen LogP contribution in [0.3, 0.4) is 0 Å². The van der Waals surface area contributed by atoms with Gasteiger partial charge in [0.2, 0.25) is 0 Å². The number of aliphatic imine (C=N–C) groups is 1. The molecule has 0 unspecified atom stereocenters. The first-order valence-electron chi connectivity index (χ1n) is 8.35. The largest absolute Gasteiger partial charge is 0.453 e. The number of anilines is 2. The molecule has 0 radical (unpaired) electrons. The first-order chi connectivity index (χ1) is 13.5. The van der Waals surface area contributed by atoms with E-state index in [-0.39, 0.29) is 17.1 Å². The number of nitriles is 1. The molecule has 0 heterocycles. The summed E-state index contributed by atoms with van der Waals surface area (Å²) in [4.78, 5) is 15.1. The number of carbonyl (C=O) groups excluding carboxylic acids is 1. The van der Waals surface area contributed by atoms with E-state index in [1.54, 1.807) is 19.2 Å². The molecule has 0 bridgehead atoms. The van der Waals surface area contributed by atoms with Gasteiger partial charge in [0.1, 0.15) is 17.4 Å². The topological polar surface area (TPSA) is 89.8 Å². The molecule has 2 N–H and O–H groups in total. The number of carbonyl (C=O) groups is 1. The Kier molecular flexibility index (Phi) is 7.80. The molecule has 0 spiro atoms. The van der Waals surface area contributed by atoms with Gasteiger partial charge in [-0.15, -0.1) is 0 Å². The molecule has 146 valence electrons. The van der Waals surface area contributed by atoms with Gasteiger partial charge in [-0.25, -0.2) is 8.70 Å². The molecule has 0 aromatic heterocycles. The van der Waals surface area contributed by atoms with Crippen LogP contribution in [0.1, 0.15) is 22.8 Å². The number of benzene rings is 2. The fraction of sp³-hybridized carbons (Fsp3) is 0.211. The number of rotatable bonds is 9. The van der Waals surface area contributed by atoms with Gasteiger partial charge in [-0.3, -0.25) is 9.79 Å². The van der Waals surface area contributed by atoms with Crippen molar-refractivity contribution < 1.29 is 13.9 Å². The van der Waals surface area contributed by atoms with E-state index in [0.29, 0.717) is 23.2 Å². The maximum atomic E-state index is 14.4. The third-order valence-electron chi connectivity index (χ3n) is 3.70. The Morgan fingerprint density at radius 3 is 2.75 bits per heavy atom. The highest BCUT2D eigenvalue weighted by atomic mass is 32.2. The third-order valence-corrected chi connectivity index (χ3v) is 4.58. The number of hydrogen-bond acceptors (Lipinski definition) is 7. The summed E-state index contributed by atoms with van der Waals surface area (Å²) in [5.74, 6) is -0.657. The summed E-state index contributed by atoms with van der Waals surface area (Å²) in [7, 11) is 3.47. The summed E-state index contributed by atoms with van der Waals surface area (Å²) in [5, 5.41) is 12.4. The maximum Gasteiger partial charge on any atom is 0.182 e. The van der Waals surface area contributed by atoms with Crippen molar-refractivity contribution >= 4 is 36.1 Å². The van der Waals surface area contributed by atoms with Crippen molar-refractivity contribution in [3.63, 3.8) is 0 Å². The van der Waals surface area contributed by atoms with Gasteiger partial charge in [-0.1, -0.05) is 6.92 Å². The van der Waals surface area contributed by atoms with Crippen molar-refractivity contribution in [3.05, 3.63) is 47.3 Å². The molecule has 0 atom stereocenters. The second-order valence-corrected chi connectivity index (χ2v) is 6.56. The number of halogens is 1. The quantitative estimate of drug-likeness (QED) is 0.280. The number of aldehydes is 1. The van der Waals surface area contributed by atoms with Gasteiger partial charge in [-0.2, -0.15) is 5.26 Å². The van der Waals surface area contributed by atoms with Crippen LogP contribution in [0.15, 0.2) is 35.3 Å². The van der Waals surface area contributed by atoms with E-state index in [2.05, 4.69) is 15.0 Å². The van der Waals surface area contributed by atoms with Gasteiger partial charge in [0.15, 0.2) is 17.9 Å². The van der Waals surface area contributed by atoms with Crippen LogP contribution in [0.25, 0.3) is 0 Å². The number of nitrogens with one attached hydrogen (secondary N) is 2. The first kappa shape index (κ1) is 21.2. The fourth-order valence-corrected chi connectivity index (χ4v) is 2.68. The summed E-state index contributed by atoms with van der Waals surface area (Å²) in [6, 6.07) is 9.31. The highest BCUT2D eigenvalue weighted by Crippen LogP contribution is 2.35. The number of nitrogens with zero attached hydrogens (tertiary/aromatic N) is 3. The van der Waals surface area contributed by atoms with E-state index >= 15 is 0 Å². The smallest absolute Gasteiger partial charge is 0.182 e. The first-order valence-corrected chi connectivity index (χ1v) is 9.12. The summed E-state index contributed by atoms with van der Waals surface area (Å²) in [5.41, 5.74) is 1.30. The molecular weight excluding hydrogens is 381 g/mol. The zero-order valence-corrected chi connectivity index (χ0v) is 16.5. The zero-order valence-electron chi connectivity index (χ0n) is 15.7. The zero-order chi connectivity index (χ0) is 20.5. The normalized spacial score (nSPS) is 10.7. The van der Waals surface area contributed by atoms with Gasteiger partial charge in [0.05, 0.1) is 12.0 Å². The SMILES string of the molecule is CCN(C)SNc1ccc(F)c(Oc2ccc(NC=NC)c(C=O)c2)c1C#N. The molecule has 0 saturated heterocycles. The van der Waals surface area contributed by atoms with Crippen LogP contribution >= 0.6 is 12.1 Å². The Labute approximate surface area is 167 Å². The monoisotopic (exact) mass is 401 g/mol. The molecular formula is C19H20FN5O2S. The van der Waals surface area contributed by atoms with Gasteiger partial charge in [0, 0.05) is 37.0 Å². The van der Waals surface area contributed by atoms with Crippen LogP contribution < -0.4 is 14.8 Å². The van der Waals surface area contributed by atoms with E-state index < -0.39 is 5.82 Å². The lowest BCUT2D eigenvalue weighted by Gasteiger charge is -2.16. The Morgan fingerprint density at radius 2 is 2.11 bits per heavy atom. The van der Waals surface area contributed by atoms with Crippen molar-refractivity contribution in [2.45, 2.75) is 6.92 Å². The molecule has 2 aromatic rings. The molecule has 9 heteroatoms. The lowest BCUT2D eigenvalue weighted by Crippen LogP contribution is -2.11. The second kappa shape index (κ2) is 10.3. The third kappa shape index (κ3) is 5.22. The molecule has 0 aliphatic heterocycles. The van der Waals surface area contributed by atoms with Gasteiger partial charge < -0.3 is 14.8 Å². The van der Waals surface area contributed by atoms with E-state index in [1.807, 2.05) is 24.3 Å². The minimum atomic E-state index is -0.677. The van der Waals surface area contributed by atoms with Gasteiger partial charge in [-0.05, 0) is 37.4 Å². The molecule has 7 nitrogen and oxygen atoms in total. The Morgan fingerprint density at radius 1 is 1.36 bits per heavy atom. The minimum Gasteiger partial charge on any atom is -0.453 e. The molecule has 2 aromatic carbocycles. The predicted octanol–water partition coefficient (Wildman–Crippen LogP) is 4.30. The summed E-state index contributed by atoms with van der Waals surface area (Å²) < 4.78 is 24.9. The number of hydrogen-bond donors (Lipinski definition) is 2. The minimum absolute atomic E-state index is 0.0324. The fourth-order valence-electron chi connectivity index (χ4n) is 2.13. The van der Waals surface area contributed by atoms with E-state index in [0.717, 1.165) is 6.54 Å². The molecule has 2 rings (SSSR count). The maximum absolute atomic E-state index is 14.4. The van der Waals surface area contributed by atoms with Crippen molar-refractivity contribution in [2.24, 2.45) is 4.99 Å². The van der Waals surface area contributed by atoms with Crippen molar-refractivity contribution in [2.75, 3.05) is 30.7 Å². The van der Waals surface area contributed by atoms with E-state index in [4.69, 9.17) is 4.74 Å². The van der Waals surface area contributed by atoms with Crippen LogP contribution in [0.4, 0.5) is 15.8 Å². The van der Waals surface area contributed by atoms with E-state index in [9.17, 15) is 14.4 Å². The molecule has 0 aliphatic rings. The Balaban J connectivity index is 2.35. The average Bonchev–Trinajstić information content (AvgIpc) is 2.72. The van der Waals surface area contributed by atoms with Crippen LogP contribution in [0.5, 0.6) is 11.5 Å². The van der Waals surface area contributed by atoms with Crippen LogP contribution in [-0.2, 0) is 0 Å². The van der Waals surface area contributed by atoms with Gasteiger partial charge >= 0.3 is 0 Å². The molecule has 28 heavy (non-hydrogen) atoms. The molecule has 0 amide bonds. The summed E-state index contributed by atoms with van der Waals surface area (Å²) in [6.45, 7) is 2.76. The summed E-state index contributed by atoms with van der Waals surface area (Å²) >= 11 is 1.28. The second-order valence-electron chi connectivity index (χ2n) is 5.55. The van der Waals surface area contributed by atoms with Crippen LogP contribution in [-0.4, -0.2) is 37.6 Å². The lowest BCUT2D eigenvalue weighted by atomic mass is 10.1. The highest BCUT2D eigenvalue weighted by Gasteiger charge is 2.17. The van der Waals surface area contributed by atoms with Crippen LogP contribution in [0, 0.1) is 17.1 Å². The van der Waals surface area contributed by atoms with Gasteiger partial charge in [0.25, 0.3) is 0 Å². The van der Waals surface area contributed by atoms with Crippen LogP contribution in [0.2, 0.25) is 0 Å². The molecule has 0 aliphatic carbocycles. The van der Waals surface area contributed by atoms with E-state index in [1.165, 1.54) is 36.7 Å². The molecule has 0 saturated carbocycles. The van der Waals surface area contributed by atoms with Crippen molar-refractivity contribution in [1.29, 1.82) is 5.26 Å².